The number of amides is 1. The van der Waals surface area contributed by atoms with Crippen molar-refractivity contribution in [2.24, 2.45) is 0 Å². The number of hydrogen-bond acceptors (Lipinski definition) is 2. The fourth-order valence-corrected chi connectivity index (χ4v) is 3.21. The summed E-state index contributed by atoms with van der Waals surface area (Å²) in [7, 11) is 0. The summed E-state index contributed by atoms with van der Waals surface area (Å²) < 4.78 is 0. The fourth-order valence-electron chi connectivity index (χ4n) is 3.21. The monoisotopic (exact) mass is 238 g/mol. The average molecular weight is 238 g/mol. The van der Waals surface area contributed by atoms with Crippen molar-refractivity contribution in [3.8, 4) is 0 Å². The van der Waals surface area contributed by atoms with Crippen LogP contribution in [0.5, 0.6) is 0 Å². The van der Waals surface area contributed by atoms with Gasteiger partial charge in [-0.15, -0.1) is 0 Å². The van der Waals surface area contributed by atoms with E-state index in [0.717, 1.165) is 25.4 Å². The normalized spacial score (nSPS) is 27.2. The number of likely N-dealkylation sites (tertiary alicyclic amines) is 1. The van der Waals surface area contributed by atoms with Crippen molar-refractivity contribution >= 4 is 5.91 Å². The molecule has 0 spiro atoms. The maximum Gasteiger partial charge on any atom is 0.220 e. The maximum atomic E-state index is 11.6. The van der Waals surface area contributed by atoms with Gasteiger partial charge in [0.05, 0.1) is 0 Å². The number of hydrogen-bond donors (Lipinski definition) is 1. The van der Waals surface area contributed by atoms with Crippen molar-refractivity contribution in [3.63, 3.8) is 0 Å². The predicted octanol–water partition coefficient (Wildman–Crippen LogP) is 2.31. The summed E-state index contributed by atoms with van der Waals surface area (Å²) in [5, 5.41) is 3.17. The molecule has 0 aromatic carbocycles. The molecule has 0 aromatic heterocycles. The molecule has 1 N–H and O–H groups in total. The second kappa shape index (κ2) is 6.39. The first-order valence-electron chi connectivity index (χ1n) is 7.33. The zero-order valence-corrected chi connectivity index (χ0v) is 11.1. The quantitative estimate of drug-likeness (QED) is 0.815. The highest BCUT2D eigenvalue weighted by Gasteiger charge is 2.29. The van der Waals surface area contributed by atoms with Crippen LogP contribution in [-0.4, -0.2) is 36.0 Å². The topological polar surface area (TPSA) is 32.3 Å². The summed E-state index contributed by atoms with van der Waals surface area (Å²) in [6.45, 7) is 4.32. The smallest absolute Gasteiger partial charge is 0.220 e. The lowest BCUT2D eigenvalue weighted by molar-refractivity contribution is -0.121. The van der Waals surface area contributed by atoms with E-state index in [-0.39, 0.29) is 5.91 Å². The molecule has 3 heteroatoms. The molecule has 1 saturated carbocycles. The Morgan fingerprint density at radius 3 is 2.71 bits per heavy atom. The van der Waals surface area contributed by atoms with Gasteiger partial charge in [0.1, 0.15) is 0 Å². The van der Waals surface area contributed by atoms with E-state index in [0.29, 0.717) is 12.5 Å². The fraction of sp³-hybridized carbons (Fsp3) is 0.929. The zero-order chi connectivity index (χ0) is 12.1. The summed E-state index contributed by atoms with van der Waals surface area (Å²) in [4.78, 5) is 14.2. The van der Waals surface area contributed by atoms with Crippen LogP contribution in [0.4, 0.5) is 0 Å². The van der Waals surface area contributed by atoms with Gasteiger partial charge in [0.25, 0.3) is 0 Å². The summed E-state index contributed by atoms with van der Waals surface area (Å²) in [6.07, 6.45) is 9.73. The van der Waals surface area contributed by atoms with Crippen LogP contribution in [0.2, 0.25) is 0 Å². The van der Waals surface area contributed by atoms with Gasteiger partial charge in [0.15, 0.2) is 0 Å². The van der Waals surface area contributed by atoms with E-state index in [1.165, 1.54) is 38.6 Å². The first-order chi connectivity index (χ1) is 8.29. The Morgan fingerprint density at radius 1 is 1.24 bits per heavy atom. The largest absolute Gasteiger partial charge is 0.352 e. The molecule has 3 nitrogen and oxygen atoms in total. The van der Waals surface area contributed by atoms with Gasteiger partial charge in [-0.2, -0.15) is 0 Å². The van der Waals surface area contributed by atoms with E-state index in [2.05, 4.69) is 17.1 Å². The number of carbonyl (C=O) groups is 1. The lowest BCUT2D eigenvalue weighted by Crippen LogP contribution is -2.40. The van der Waals surface area contributed by atoms with Crippen LogP contribution < -0.4 is 5.32 Å². The van der Waals surface area contributed by atoms with E-state index in [4.69, 9.17) is 0 Å². The van der Waals surface area contributed by atoms with Crippen LogP contribution in [-0.2, 0) is 4.79 Å². The number of nitrogens with one attached hydrogen (secondary N) is 1. The SMILES string of the molecule is CCCC(=O)NC1CCN(C2CCCCC2)C1. The van der Waals surface area contributed by atoms with Gasteiger partial charge in [0, 0.05) is 31.6 Å². The molecular weight excluding hydrogens is 212 g/mol. The lowest BCUT2D eigenvalue weighted by atomic mass is 9.94. The van der Waals surface area contributed by atoms with Crippen molar-refractivity contribution in [2.45, 2.75) is 70.4 Å². The van der Waals surface area contributed by atoms with Crippen LogP contribution in [0.15, 0.2) is 0 Å². The third-order valence-electron chi connectivity index (χ3n) is 4.15. The van der Waals surface area contributed by atoms with Gasteiger partial charge < -0.3 is 5.32 Å². The Labute approximate surface area is 105 Å². The Morgan fingerprint density at radius 2 is 2.00 bits per heavy atom. The Hall–Kier alpha value is -0.570. The minimum Gasteiger partial charge on any atom is -0.352 e. The molecule has 98 valence electrons. The molecule has 1 atom stereocenters. The number of nitrogens with zero attached hydrogens (tertiary/aromatic N) is 1. The molecule has 0 bridgehead atoms. The van der Waals surface area contributed by atoms with Gasteiger partial charge >= 0.3 is 0 Å². The van der Waals surface area contributed by atoms with Crippen LogP contribution in [0, 0.1) is 0 Å². The summed E-state index contributed by atoms with van der Waals surface area (Å²) in [5.41, 5.74) is 0. The van der Waals surface area contributed by atoms with E-state index >= 15 is 0 Å². The molecule has 1 aliphatic carbocycles. The standard InChI is InChI=1S/C14H26N2O/c1-2-6-14(17)15-12-9-10-16(11-12)13-7-4-3-5-8-13/h12-13H,2-11H2,1H3,(H,15,17). The lowest BCUT2D eigenvalue weighted by Gasteiger charge is -2.31. The van der Waals surface area contributed by atoms with Crippen molar-refractivity contribution in [3.05, 3.63) is 0 Å². The molecule has 2 fully saturated rings. The molecular formula is C14H26N2O. The van der Waals surface area contributed by atoms with Gasteiger partial charge in [-0.3, -0.25) is 9.69 Å². The van der Waals surface area contributed by atoms with E-state index < -0.39 is 0 Å². The second-order valence-corrected chi connectivity index (χ2v) is 5.59. The van der Waals surface area contributed by atoms with E-state index in [1.807, 2.05) is 0 Å². The highest BCUT2D eigenvalue weighted by molar-refractivity contribution is 5.76. The van der Waals surface area contributed by atoms with Crippen molar-refractivity contribution < 1.29 is 4.79 Å². The molecule has 2 rings (SSSR count). The predicted molar refractivity (Wildman–Crippen MR) is 69.9 cm³/mol. The third-order valence-corrected chi connectivity index (χ3v) is 4.15. The van der Waals surface area contributed by atoms with Gasteiger partial charge in [-0.25, -0.2) is 0 Å². The highest BCUT2D eigenvalue weighted by atomic mass is 16.1. The first-order valence-corrected chi connectivity index (χ1v) is 7.33. The second-order valence-electron chi connectivity index (χ2n) is 5.59. The maximum absolute atomic E-state index is 11.6. The molecule has 0 aromatic rings. The van der Waals surface area contributed by atoms with Crippen LogP contribution in [0.25, 0.3) is 0 Å². The van der Waals surface area contributed by atoms with E-state index in [1.54, 1.807) is 0 Å². The van der Waals surface area contributed by atoms with Gasteiger partial charge in [0.2, 0.25) is 5.91 Å². The van der Waals surface area contributed by atoms with Crippen molar-refractivity contribution in [1.82, 2.24) is 10.2 Å². The number of rotatable bonds is 4. The summed E-state index contributed by atoms with van der Waals surface area (Å²) in [5.74, 6) is 0.239. The Bertz CT molecular complexity index is 249. The van der Waals surface area contributed by atoms with Gasteiger partial charge in [-0.1, -0.05) is 26.2 Å². The highest BCUT2D eigenvalue weighted by Crippen LogP contribution is 2.25. The molecule has 2 aliphatic rings. The van der Waals surface area contributed by atoms with Crippen molar-refractivity contribution in [2.75, 3.05) is 13.1 Å². The zero-order valence-electron chi connectivity index (χ0n) is 11.1. The Kier molecular flexibility index (Phi) is 4.84. The third kappa shape index (κ3) is 3.70. The van der Waals surface area contributed by atoms with E-state index in [9.17, 15) is 4.79 Å². The molecule has 0 radical (unpaired) electrons. The van der Waals surface area contributed by atoms with Crippen LogP contribution >= 0.6 is 0 Å². The molecule has 1 saturated heterocycles. The number of carbonyl (C=O) groups excluding carboxylic acids is 1. The molecule has 1 aliphatic heterocycles. The molecule has 1 unspecified atom stereocenters. The van der Waals surface area contributed by atoms with Crippen LogP contribution in [0.3, 0.4) is 0 Å². The molecule has 17 heavy (non-hydrogen) atoms. The Balaban J connectivity index is 1.73. The minimum atomic E-state index is 0.239. The average Bonchev–Trinajstić information content (AvgIpc) is 2.79. The van der Waals surface area contributed by atoms with Gasteiger partial charge in [-0.05, 0) is 25.7 Å². The minimum absolute atomic E-state index is 0.239. The summed E-state index contributed by atoms with van der Waals surface area (Å²) in [6, 6.07) is 1.22. The van der Waals surface area contributed by atoms with Crippen molar-refractivity contribution in [1.29, 1.82) is 0 Å². The van der Waals surface area contributed by atoms with Crippen LogP contribution in [0.1, 0.15) is 58.3 Å². The first kappa shape index (κ1) is 12.9. The molecule has 1 heterocycles. The molecule has 1 amide bonds. The summed E-state index contributed by atoms with van der Waals surface area (Å²) >= 11 is 0.